The molecular formula is C20H26N2O3S. The minimum absolute atomic E-state index is 0.0000881. The van der Waals surface area contributed by atoms with Crippen molar-refractivity contribution in [3.8, 4) is 11.5 Å². The quantitative estimate of drug-likeness (QED) is 0.719. The second kappa shape index (κ2) is 10.1. The van der Waals surface area contributed by atoms with E-state index in [2.05, 4.69) is 10.3 Å². The molecule has 26 heavy (non-hydrogen) atoms. The van der Waals surface area contributed by atoms with E-state index in [0.717, 1.165) is 17.0 Å². The molecule has 1 heterocycles. The molecule has 0 saturated carbocycles. The fourth-order valence-corrected chi connectivity index (χ4v) is 3.15. The Bertz CT molecular complexity index is 707. The molecule has 0 radical (unpaired) electrons. The standard InChI is InChI=1S/C20H26N2O3S/c1-14(2)25-18-9-8-16(11-19(18)24-4)15(3)22-20(23)13-26-12-17-7-5-6-10-21-17/h5-11,14-15H,12-13H2,1-4H3,(H,22,23). The summed E-state index contributed by atoms with van der Waals surface area (Å²) >= 11 is 1.55. The van der Waals surface area contributed by atoms with E-state index in [0.29, 0.717) is 17.3 Å². The number of hydrogen-bond donors (Lipinski definition) is 1. The lowest BCUT2D eigenvalue weighted by Crippen LogP contribution is -2.28. The van der Waals surface area contributed by atoms with Crippen molar-refractivity contribution in [2.24, 2.45) is 0 Å². The van der Waals surface area contributed by atoms with Crippen LogP contribution in [0.3, 0.4) is 0 Å². The second-order valence-corrected chi connectivity index (χ2v) is 7.17. The summed E-state index contributed by atoms with van der Waals surface area (Å²) in [6.45, 7) is 5.90. The van der Waals surface area contributed by atoms with Crippen molar-refractivity contribution in [3.05, 3.63) is 53.9 Å². The average Bonchev–Trinajstić information content (AvgIpc) is 2.62. The van der Waals surface area contributed by atoms with Crippen LogP contribution in [-0.4, -0.2) is 29.9 Å². The molecule has 0 fully saturated rings. The molecule has 0 bridgehead atoms. The Hall–Kier alpha value is -2.21. The van der Waals surface area contributed by atoms with Crippen molar-refractivity contribution < 1.29 is 14.3 Å². The second-order valence-electron chi connectivity index (χ2n) is 6.18. The predicted octanol–water partition coefficient (Wildman–Crippen LogP) is 3.99. The third-order valence-corrected chi connectivity index (χ3v) is 4.60. The summed E-state index contributed by atoms with van der Waals surface area (Å²) in [4.78, 5) is 16.4. The minimum atomic E-state index is -0.111. The van der Waals surface area contributed by atoms with Crippen LogP contribution in [0, 0.1) is 0 Å². The van der Waals surface area contributed by atoms with Gasteiger partial charge in [-0.25, -0.2) is 0 Å². The zero-order valence-electron chi connectivity index (χ0n) is 15.7. The SMILES string of the molecule is COc1cc(C(C)NC(=O)CSCc2ccccn2)ccc1OC(C)C. The molecule has 1 atom stereocenters. The third-order valence-electron chi connectivity index (χ3n) is 3.64. The molecule has 1 aromatic carbocycles. The van der Waals surface area contributed by atoms with Gasteiger partial charge in [-0.05, 0) is 50.6 Å². The maximum Gasteiger partial charge on any atom is 0.230 e. The van der Waals surface area contributed by atoms with Gasteiger partial charge in [-0.2, -0.15) is 0 Å². The molecule has 1 N–H and O–H groups in total. The van der Waals surface area contributed by atoms with Crippen molar-refractivity contribution in [2.45, 2.75) is 38.7 Å². The first-order valence-corrected chi connectivity index (χ1v) is 9.76. The largest absolute Gasteiger partial charge is 0.493 e. The van der Waals surface area contributed by atoms with E-state index in [4.69, 9.17) is 9.47 Å². The Morgan fingerprint density at radius 2 is 2.00 bits per heavy atom. The lowest BCUT2D eigenvalue weighted by atomic mass is 10.1. The molecule has 2 rings (SSSR count). The molecular weight excluding hydrogens is 348 g/mol. The molecule has 0 saturated heterocycles. The number of amides is 1. The third kappa shape index (κ3) is 6.26. The van der Waals surface area contributed by atoms with Gasteiger partial charge in [0.15, 0.2) is 11.5 Å². The van der Waals surface area contributed by atoms with Gasteiger partial charge < -0.3 is 14.8 Å². The van der Waals surface area contributed by atoms with E-state index < -0.39 is 0 Å². The summed E-state index contributed by atoms with van der Waals surface area (Å²) in [5.41, 5.74) is 1.95. The molecule has 1 unspecified atom stereocenters. The van der Waals surface area contributed by atoms with Crippen molar-refractivity contribution in [1.82, 2.24) is 10.3 Å². The fraction of sp³-hybridized carbons (Fsp3) is 0.400. The highest BCUT2D eigenvalue weighted by atomic mass is 32.2. The van der Waals surface area contributed by atoms with Gasteiger partial charge in [-0.15, -0.1) is 11.8 Å². The molecule has 0 aliphatic heterocycles. The zero-order valence-corrected chi connectivity index (χ0v) is 16.5. The topological polar surface area (TPSA) is 60.5 Å². The van der Waals surface area contributed by atoms with Crippen molar-refractivity contribution in [1.29, 1.82) is 0 Å². The Labute approximate surface area is 159 Å². The minimum Gasteiger partial charge on any atom is -0.493 e. The van der Waals surface area contributed by atoms with Crippen LogP contribution in [-0.2, 0) is 10.5 Å². The summed E-state index contributed by atoms with van der Waals surface area (Å²) in [5, 5.41) is 3.02. The van der Waals surface area contributed by atoms with E-state index in [1.165, 1.54) is 0 Å². The highest BCUT2D eigenvalue weighted by molar-refractivity contribution is 7.99. The number of carbonyl (C=O) groups excluding carboxylic acids is 1. The summed E-state index contributed by atoms with van der Waals surface area (Å²) in [5.74, 6) is 2.49. The Morgan fingerprint density at radius 1 is 1.19 bits per heavy atom. The van der Waals surface area contributed by atoms with Gasteiger partial charge in [-0.1, -0.05) is 12.1 Å². The number of benzene rings is 1. The van der Waals surface area contributed by atoms with E-state index >= 15 is 0 Å². The summed E-state index contributed by atoms with van der Waals surface area (Å²) in [6, 6.07) is 11.4. The first kappa shape index (κ1) is 20.1. The summed E-state index contributed by atoms with van der Waals surface area (Å²) in [6.07, 6.45) is 1.83. The smallest absolute Gasteiger partial charge is 0.230 e. The molecule has 140 valence electrons. The summed E-state index contributed by atoms with van der Waals surface area (Å²) in [7, 11) is 1.61. The molecule has 0 aliphatic carbocycles. The number of nitrogens with one attached hydrogen (secondary N) is 1. The monoisotopic (exact) mass is 374 g/mol. The van der Waals surface area contributed by atoms with Gasteiger partial charge in [0.1, 0.15) is 0 Å². The van der Waals surface area contributed by atoms with Crippen molar-refractivity contribution in [3.63, 3.8) is 0 Å². The Kier molecular flexibility index (Phi) is 7.78. The normalized spacial score (nSPS) is 11.9. The van der Waals surface area contributed by atoms with Gasteiger partial charge in [0.25, 0.3) is 0 Å². The van der Waals surface area contributed by atoms with Gasteiger partial charge in [0.05, 0.1) is 30.7 Å². The summed E-state index contributed by atoms with van der Waals surface area (Å²) < 4.78 is 11.1. The maximum atomic E-state index is 12.2. The molecule has 5 nitrogen and oxygen atoms in total. The molecule has 6 heteroatoms. The number of aromatic nitrogens is 1. The van der Waals surface area contributed by atoms with Gasteiger partial charge >= 0.3 is 0 Å². The number of carbonyl (C=O) groups is 1. The number of rotatable bonds is 9. The lowest BCUT2D eigenvalue weighted by Gasteiger charge is -2.18. The van der Waals surface area contributed by atoms with Crippen molar-refractivity contribution in [2.75, 3.05) is 12.9 Å². The zero-order chi connectivity index (χ0) is 18.9. The van der Waals surface area contributed by atoms with Crippen LogP contribution >= 0.6 is 11.8 Å². The molecule has 0 aliphatic rings. The predicted molar refractivity (Wildman–Crippen MR) is 106 cm³/mol. The first-order chi connectivity index (χ1) is 12.5. The van der Waals surface area contributed by atoms with E-state index in [-0.39, 0.29) is 18.1 Å². The number of hydrogen-bond acceptors (Lipinski definition) is 5. The number of methoxy groups -OCH3 is 1. The van der Waals surface area contributed by atoms with Crippen LogP contribution in [0.5, 0.6) is 11.5 Å². The number of pyridine rings is 1. The average molecular weight is 375 g/mol. The van der Waals surface area contributed by atoms with Crippen LogP contribution < -0.4 is 14.8 Å². The molecule has 2 aromatic rings. The molecule has 0 spiro atoms. The maximum absolute atomic E-state index is 12.2. The lowest BCUT2D eigenvalue weighted by molar-refractivity contribution is -0.119. The van der Waals surface area contributed by atoms with E-state index in [1.54, 1.807) is 25.1 Å². The van der Waals surface area contributed by atoms with Gasteiger partial charge in [0.2, 0.25) is 5.91 Å². The highest BCUT2D eigenvalue weighted by Crippen LogP contribution is 2.31. The first-order valence-electron chi connectivity index (χ1n) is 8.61. The Balaban J connectivity index is 1.87. The number of ether oxygens (including phenoxy) is 2. The number of nitrogens with zero attached hydrogens (tertiary/aromatic N) is 1. The van der Waals surface area contributed by atoms with Crippen LogP contribution in [0.25, 0.3) is 0 Å². The number of thioether (sulfide) groups is 1. The van der Waals surface area contributed by atoms with Crippen LogP contribution in [0.2, 0.25) is 0 Å². The van der Waals surface area contributed by atoms with Crippen LogP contribution in [0.1, 0.15) is 38.1 Å². The molecule has 1 aromatic heterocycles. The van der Waals surface area contributed by atoms with Gasteiger partial charge in [-0.3, -0.25) is 9.78 Å². The van der Waals surface area contributed by atoms with Crippen LogP contribution in [0.4, 0.5) is 0 Å². The fourth-order valence-electron chi connectivity index (χ4n) is 2.40. The van der Waals surface area contributed by atoms with Crippen molar-refractivity contribution >= 4 is 17.7 Å². The van der Waals surface area contributed by atoms with Crippen LogP contribution in [0.15, 0.2) is 42.6 Å². The van der Waals surface area contributed by atoms with E-state index in [1.807, 2.05) is 57.2 Å². The Morgan fingerprint density at radius 3 is 2.65 bits per heavy atom. The van der Waals surface area contributed by atoms with Gasteiger partial charge in [0, 0.05) is 11.9 Å². The molecule has 1 amide bonds. The highest BCUT2D eigenvalue weighted by Gasteiger charge is 2.14. The van der Waals surface area contributed by atoms with E-state index in [9.17, 15) is 4.79 Å².